The topological polar surface area (TPSA) is 107 Å². The molecule has 1 aliphatic rings. The van der Waals surface area contributed by atoms with Crippen molar-refractivity contribution in [2.75, 3.05) is 19.8 Å². The van der Waals surface area contributed by atoms with Crippen LogP contribution in [-0.2, 0) is 23.8 Å². The third-order valence-electron chi connectivity index (χ3n) is 4.40. The molecule has 1 N–H and O–H groups in total. The summed E-state index contributed by atoms with van der Waals surface area (Å²) in [7, 11) is 0. The molecule has 1 aromatic heterocycles. The normalized spacial score (nSPS) is 14.8. The van der Waals surface area contributed by atoms with Crippen molar-refractivity contribution >= 4 is 29.7 Å². The van der Waals surface area contributed by atoms with Crippen LogP contribution in [-0.4, -0.2) is 48.4 Å². The van der Waals surface area contributed by atoms with Crippen LogP contribution in [0.4, 0.5) is 0 Å². The summed E-state index contributed by atoms with van der Waals surface area (Å²) in [4.78, 5) is 44.4. The number of rotatable bonds is 7. The van der Waals surface area contributed by atoms with Crippen LogP contribution in [0, 0.1) is 13.8 Å². The third-order valence-corrected chi connectivity index (χ3v) is 4.40. The molecule has 0 bridgehead atoms. The summed E-state index contributed by atoms with van der Waals surface area (Å²) >= 11 is 0. The van der Waals surface area contributed by atoms with E-state index in [-0.39, 0.29) is 36.8 Å². The summed E-state index contributed by atoms with van der Waals surface area (Å²) in [6, 6.07) is 0. The highest BCUT2D eigenvalue weighted by molar-refractivity contribution is 6.45. The summed E-state index contributed by atoms with van der Waals surface area (Å²) in [6.45, 7) is 10.9. The number of aryl methyl sites for hydroxylation is 1. The maximum atomic E-state index is 12.5. The lowest BCUT2D eigenvalue weighted by Crippen LogP contribution is -2.18. The quantitative estimate of drug-likeness (QED) is 0.555. The van der Waals surface area contributed by atoms with Crippen molar-refractivity contribution in [3.63, 3.8) is 0 Å². The van der Waals surface area contributed by atoms with Crippen LogP contribution in [0.3, 0.4) is 0 Å². The van der Waals surface area contributed by atoms with Crippen molar-refractivity contribution in [2.24, 2.45) is 4.99 Å². The van der Waals surface area contributed by atoms with Crippen molar-refractivity contribution in [3.8, 4) is 0 Å². The maximum Gasteiger partial charge on any atom is 0.357 e. The largest absolute Gasteiger partial charge is 0.462 e. The number of aliphatic imine (C=N–C) groups is 1. The zero-order valence-electron chi connectivity index (χ0n) is 17.6. The number of hydrogen-bond acceptors (Lipinski definition) is 7. The number of hydrogen-bond donors (Lipinski definition) is 1. The van der Waals surface area contributed by atoms with Crippen molar-refractivity contribution in [3.05, 3.63) is 39.4 Å². The minimum atomic E-state index is -0.609. The van der Waals surface area contributed by atoms with Crippen LogP contribution in [0.15, 0.2) is 21.8 Å². The summed E-state index contributed by atoms with van der Waals surface area (Å²) in [5.74, 6) is -1.62. The van der Waals surface area contributed by atoms with Crippen molar-refractivity contribution in [1.29, 1.82) is 0 Å². The van der Waals surface area contributed by atoms with Crippen LogP contribution in [0.25, 0.3) is 6.08 Å². The van der Waals surface area contributed by atoms with Crippen molar-refractivity contribution in [1.82, 2.24) is 4.98 Å². The zero-order valence-corrected chi connectivity index (χ0v) is 17.6. The summed E-state index contributed by atoms with van der Waals surface area (Å²) < 4.78 is 15.3. The monoisotopic (exact) mass is 402 g/mol. The lowest BCUT2D eigenvalue weighted by atomic mass is 10.0. The standard InChI is InChI=1S/C21H26N2O6/c1-7-27-19(24)16-11(4)14(22-13(16)6)10-15-17(20(25)28-8-2)12(5)18(23-15)21(26)29-9-3/h10,22H,7-9H2,1-6H3/b15-10-. The molecule has 0 aromatic carbocycles. The molecule has 0 saturated carbocycles. The molecule has 0 aliphatic carbocycles. The number of aromatic amines is 1. The Morgan fingerprint density at radius 3 is 2.03 bits per heavy atom. The fourth-order valence-corrected chi connectivity index (χ4v) is 3.10. The van der Waals surface area contributed by atoms with Gasteiger partial charge in [0.1, 0.15) is 0 Å². The Hall–Kier alpha value is -3.16. The summed E-state index contributed by atoms with van der Waals surface area (Å²) in [5, 5.41) is 0. The number of ether oxygens (including phenoxy) is 3. The molecule has 1 aliphatic heterocycles. The molecule has 0 fully saturated rings. The first-order valence-electron chi connectivity index (χ1n) is 9.49. The Morgan fingerprint density at radius 2 is 1.45 bits per heavy atom. The molecule has 2 heterocycles. The van der Waals surface area contributed by atoms with Gasteiger partial charge in [0.25, 0.3) is 0 Å². The molecule has 156 valence electrons. The van der Waals surface area contributed by atoms with Gasteiger partial charge in [-0.15, -0.1) is 0 Å². The van der Waals surface area contributed by atoms with E-state index < -0.39 is 17.9 Å². The van der Waals surface area contributed by atoms with Crippen molar-refractivity contribution in [2.45, 2.75) is 41.5 Å². The molecular formula is C21H26N2O6. The van der Waals surface area contributed by atoms with Crippen molar-refractivity contribution < 1.29 is 28.6 Å². The van der Waals surface area contributed by atoms with E-state index in [0.29, 0.717) is 28.1 Å². The number of carbonyl (C=O) groups excluding carboxylic acids is 3. The highest BCUT2D eigenvalue weighted by Gasteiger charge is 2.32. The Balaban J connectivity index is 2.57. The second-order valence-corrected chi connectivity index (χ2v) is 6.32. The molecule has 1 aromatic rings. The van der Waals surface area contributed by atoms with Crippen LogP contribution in [0.1, 0.15) is 55.0 Å². The highest BCUT2D eigenvalue weighted by Crippen LogP contribution is 2.30. The number of carbonyl (C=O) groups is 3. The van der Waals surface area contributed by atoms with Gasteiger partial charge in [-0.3, -0.25) is 0 Å². The average molecular weight is 402 g/mol. The first-order chi connectivity index (χ1) is 13.8. The lowest BCUT2D eigenvalue weighted by molar-refractivity contribution is -0.138. The van der Waals surface area contributed by atoms with Gasteiger partial charge < -0.3 is 19.2 Å². The SMILES string of the molecule is CCOC(=O)C1=N/C(=C\c2[nH]c(C)c(C(=O)OCC)c2C)C(C(=O)OCC)=C1C. The second-order valence-electron chi connectivity index (χ2n) is 6.32. The average Bonchev–Trinajstić information content (AvgIpc) is 3.12. The molecule has 8 heteroatoms. The number of nitrogens with zero attached hydrogens (tertiary/aromatic N) is 1. The van der Waals surface area contributed by atoms with E-state index >= 15 is 0 Å². The molecule has 29 heavy (non-hydrogen) atoms. The number of esters is 3. The Labute approximate surface area is 169 Å². The fourth-order valence-electron chi connectivity index (χ4n) is 3.10. The zero-order chi connectivity index (χ0) is 21.7. The van der Waals surface area contributed by atoms with E-state index in [9.17, 15) is 14.4 Å². The minimum absolute atomic E-state index is 0.0627. The van der Waals surface area contributed by atoms with E-state index in [0.717, 1.165) is 0 Å². The molecule has 8 nitrogen and oxygen atoms in total. The molecule has 0 unspecified atom stereocenters. The van der Waals surface area contributed by atoms with Crippen LogP contribution >= 0.6 is 0 Å². The Kier molecular flexibility index (Phi) is 7.14. The number of nitrogens with one attached hydrogen (secondary N) is 1. The molecule has 0 spiro atoms. The highest BCUT2D eigenvalue weighted by atomic mass is 16.5. The van der Waals surface area contributed by atoms with Crippen LogP contribution in [0.5, 0.6) is 0 Å². The number of aromatic nitrogens is 1. The fraction of sp³-hybridized carbons (Fsp3) is 0.429. The molecule has 0 atom stereocenters. The van der Waals surface area contributed by atoms with E-state index in [1.54, 1.807) is 47.6 Å². The van der Waals surface area contributed by atoms with Crippen LogP contribution in [0.2, 0.25) is 0 Å². The Morgan fingerprint density at radius 1 is 0.897 bits per heavy atom. The maximum absolute atomic E-state index is 12.5. The van der Waals surface area contributed by atoms with E-state index in [2.05, 4.69) is 9.98 Å². The van der Waals surface area contributed by atoms with Gasteiger partial charge in [-0.25, -0.2) is 19.4 Å². The van der Waals surface area contributed by atoms with Gasteiger partial charge in [0.2, 0.25) is 0 Å². The van der Waals surface area contributed by atoms with E-state index in [1.807, 2.05) is 0 Å². The second kappa shape index (κ2) is 9.36. The van der Waals surface area contributed by atoms with Gasteiger partial charge in [-0.05, 0) is 58.8 Å². The molecular weight excluding hydrogens is 376 g/mol. The smallest absolute Gasteiger partial charge is 0.357 e. The summed E-state index contributed by atoms with van der Waals surface area (Å²) in [6.07, 6.45) is 1.62. The predicted molar refractivity (Wildman–Crippen MR) is 108 cm³/mol. The summed E-state index contributed by atoms with van der Waals surface area (Å²) in [5.41, 5.74) is 3.23. The van der Waals surface area contributed by atoms with E-state index in [4.69, 9.17) is 14.2 Å². The molecule has 0 radical (unpaired) electrons. The lowest BCUT2D eigenvalue weighted by Gasteiger charge is -2.06. The third kappa shape index (κ3) is 4.47. The molecule has 0 saturated heterocycles. The van der Waals surface area contributed by atoms with Gasteiger partial charge in [-0.1, -0.05) is 0 Å². The van der Waals surface area contributed by atoms with Crippen LogP contribution < -0.4 is 0 Å². The van der Waals surface area contributed by atoms with Gasteiger partial charge >= 0.3 is 17.9 Å². The van der Waals surface area contributed by atoms with Gasteiger partial charge in [0.15, 0.2) is 5.71 Å². The predicted octanol–water partition coefficient (Wildman–Crippen LogP) is 3.05. The van der Waals surface area contributed by atoms with E-state index in [1.165, 1.54) is 0 Å². The molecule has 0 amide bonds. The number of H-pyrrole nitrogens is 1. The van der Waals surface area contributed by atoms with Gasteiger partial charge in [-0.2, -0.15) is 0 Å². The van der Waals surface area contributed by atoms with Gasteiger partial charge in [0.05, 0.1) is 36.7 Å². The van der Waals surface area contributed by atoms with Gasteiger partial charge in [0, 0.05) is 11.4 Å². The first kappa shape index (κ1) is 22.1. The Bertz CT molecular complexity index is 933. The first-order valence-corrected chi connectivity index (χ1v) is 9.49. The minimum Gasteiger partial charge on any atom is -0.462 e. The molecule has 2 rings (SSSR count).